The van der Waals surface area contributed by atoms with Gasteiger partial charge in [0.15, 0.2) is 0 Å². The molecule has 0 bridgehead atoms. The molecule has 1 saturated carbocycles. The van der Waals surface area contributed by atoms with Crippen LogP contribution in [-0.2, 0) is 21.8 Å². The van der Waals surface area contributed by atoms with Gasteiger partial charge in [0.1, 0.15) is 6.33 Å². The minimum absolute atomic E-state index is 0.123. The minimum Gasteiger partial charge on any atom is -0.373 e. The Morgan fingerprint density at radius 1 is 1.40 bits per heavy atom. The highest BCUT2D eigenvalue weighted by atomic mass is 32.2. The van der Waals surface area contributed by atoms with Crippen LogP contribution < -0.4 is 4.72 Å². The van der Waals surface area contributed by atoms with E-state index in [9.17, 15) is 13.2 Å². The Labute approximate surface area is 146 Å². The average Bonchev–Trinajstić information content (AvgIpc) is 3.24. The quantitative estimate of drug-likeness (QED) is 0.778. The SMILES string of the molecule is Cn1cnc(C(=O)N2CC[C@@]3(C[C@H](NS(=O)(=O)C4CC4)CCO3)C2)n1. The predicted octanol–water partition coefficient (Wildman–Crippen LogP) is -0.339. The average molecular weight is 369 g/mol. The van der Waals surface area contributed by atoms with Gasteiger partial charge in [-0.3, -0.25) is 9.48 Å². The van der Waals surface area contributed by atoms with Crippen LogP contribution >= 0.6 is 0 Å². The van der Waals surface area contributed by atoms with Crippen LogP contribution in [0.1, 0.15) is 42.7 Å². The summed E-state index contributed by atoms with van der Waals surface area (Å²) in [4.78, 5) is 18.2. The number of sulfonamides is 1. The molecule has 0 unspecified atom stereocenters. The van der Waals surface area contributed by atoms with Gasteiger partial charge in [-0.15, -0.1) is 5.10 Å². The summed E-state index contributed by atoms with van der Waals surface area (Å²) < 4.78 is 34.7. The van der Waals surface area contributed by atoms with Crippen molar-refractivity contribution in [2.45, 2.75) is 49.0 Å². The molecule has 3 fully saturated rings. The number of nitrogens with one attached hydrogen (secondary N) is 1. The Balaban J connectivity index is 1.41. The maximum absolute atomic E-state index is 12.5. The Morgan fingerprint density at radius 2 is 2.20 bits per heavy atom. The summed E-state index contributed by atoms with van der Waals surface area (Å²) in [5.41, 5.74) is -0.473. The molecule has 1 spiro atoms. The number of aromatic nitrogens is 3. The smallest absolute Gasteiger partial charge is 0.293 e. The Hall–Kier alpha value is -1.52. The highest BCUT2D eigenvalue weighted by Crippen LogP contribution is 2.36. The zero-order valence-electron chi connectivity index (χ0n) is 14.2. The molecular formula is C15H23N5O4S. The molecule has 1 aromatic heterocycles. The van der Waals surface area contributed by atoms with E-state index in [2.05, 4.69) is 14.8 Å². The molecule has 138 valence electrons. The van der Waals surface area contributed by atoms with Gasteiger partial charge in [-0.2, -0.15) is 0 Å². The van der Waals surface area contributed by atoms with Gasteiger partial charge in [-0.25, -0.2) is 18.1 Å². The van der Waals surface area contributed by atoms with E-state index in [0.717, 1.165) is 12.8 Å². The maximum atomic E-state index is 12.5. The number of aryl methyl sites for hydroxylation is 1. The van der Waals surface area contributed by atoms with Gasteiger partial charge in [0.05, 0.1) is 17.4 Å². The normalized spacial score (nSPS) is 30.1. The highest BCUT2D eigenvalue weighted by Gasteiger charge is 2.47. The van der Waals surface area contributed by atoms with E-state index in [1.165, 1.54) is 11.0 Å². The number of rotatable bonds is 4. The van der Waals surface area contributed by atoms with Crippen molar-refractivity contribution in [3.8, 4) is 0 Å². The van der Waals surface area contributed by atoms with Gasteiger partial charge in [-0.05, 0) is 32.1 Å². The molecule has 4 rings (SSSR count). The van der Waals surface area contributed by atoms with Crippen LogP contribution in [0.2, 0.25) is 0 Å². The number of amides is 1. The number of nitrogens with zero attached hydrogens (tertiary/aromatic N) is 4. The summed E-state index contributed by atoms with van der Waals surface area (Å²) in [5.74, 6) is -0.0249. The lowest BCUT2D eigenvalue weighted by molar-refractivity contribution is -0.0763. The Bertz CT molecular complexity index is 775. The van der Waals surface area contributed by atoms with Crippen LogP contribution in [0.15, 0.2) is 6.33 Å². The molecule has 2 atom stereocenters. The van der Waals surface area contributed by atoms with E-state index in [1.807, 2.05) is 0 Å². The summed E-state index contributed by atoms with van der Waals surface area (Å²) in [6.07, 6.45) is 4.97. The number of carbonyl (C=O) groups is 1. The van der Waals surface area contributed by atoms with E-state index >= 15 is 0 Å². The molecule has 25 heavy (non-hydrogen) atoms. The molecule has 0 radical (unpaired) electrons. The van der Waals surface area contributed by atoms with Gasteiger partial charge >= 0.3 is 0 Å². The third kappa shape index (κ3) is 3.42. The van der Waals surface area contributed by atoms with Crippen LogP contribution in [0.4, 0.5) is 0 Å². The van der Waals surface area contributed by atoms with Gasteiger partial charge in [0.25, 0.3) is 5.91 Å². The van der Waals surface area contributed by atoms with Crippen LogP contribution in [0, 0.1) is 0 Å². The molecule has 1 amide bonds. The first kappa shape index (κ1) is 16.9. The molecule has 3 aliphatic rings. The molecule has 1 aliphatic carbocycles. The molecule has 2 saturated heterocycles. The third-order valence-corrected chi connectivity index (χ3v) is 7.19. The van der Waals surface area contributed by atoms with Crippen molar-refractivity contribution in [2.24, 2.45) is 7.05 Å². The number of hydrogen-bond acceptors (Lipinski definition) is 6. The lowest BCUT2D eigenvalue weighted by Gasteiger charge is -2.38. The molecule has 3 heterocycles. The summed E-state index contributed by atoms with van der Waals surface area (Å²) >= 11 is 0. The van der Waals surface area contributed by atoms with Gasteiger partial charge in [0.2, 0.25) is 15.8 Å². The summed E-state index contributed by atoms with van der Waals surface area (Å²) in [6.45, 7) is 1.52. The van der Waals surface area contributed by atoms with Gasteiger partial charge in [-0.1, -0.05) is 0 Å². The topological polar surface area (TPSA) is 106 Å². The van der Waals surface area contributed by atoms with Gasteiger partial charge in [0, 0.05) is 26.2 Å². The second-order valence-corrected chi connectivity index (χ2v) is 9.29. The van der Waals surface area contributed by atoms with Crippen molar-refractivity contribution in [1.29, 1.82) is 0 Å². The second kappa shape index (κ2) is 6.03. The second-order valence-electron chi connectivity index (χ2n) is 7.30. The first-order valence-electron chi connectivity index (χ1n) is 8.67. The molecular weight excluding hydrogens is 346 g/mol. The minimum atomic E-state index is -3.21. The van der Waals surface area contributed by atoms with Crippen molar-refractivity contribution >= 4 is 15.9 Å². The summed E-state index contributed by atoms with van der Waals surface area (Å²) in [5, 5.41) is 3.84. The largest absolute Gasteiger partial charge is 0.373 e. The standard InChI is InChI=1S/C15H23N5O4S/c1-19-10-16-13(17-19)14(21)20-6-5-15(9-20)8-11(4-7-24-15)18-25(22,23)12-2-3-12/h10-12,18H,2-9H2,1H3/t11-,15-/m1/s1. The molecule has 1 aromatic rings. The predicted molar refractivity (Wildman–Crippen MR) is 88.3 cm³/mol. The first-order chi connectivity index (χ1) is 11.9. The number of ether oxygens (including phenoxy) is 1. The number of hydrogen-bond donors (Lipinski definition) is 1. The van der Waals surface area contributed by atoms with E-state index < -0.39 is 15.6 Å². The first-order valence-corrected chi connectivity index (χ1v) is 10.2. The molecule has 2 aliphatic heterocycles. The van der Waals surface area contributed by atoms with Crippen LogP contribution in [-0.4, -0.2) is 70.6 Å². The molecule has 10 heteroatoms. The van der Waals surface area contributed by atoms with E-state index in [-0.39, 0.29) is 23.0 Å². The fourth-order valence-corrected chi connectivity index (χ4v) is 5.33. The Kier molecular flexibility index (Phi) is 4.08. The fraction of sp³-hybridized carbons (Fsp3) is 0.800. The number of carbonyl (C=O) groups excluding carboxylic acids is 1. The van der Waals surface area contributed by atoms with Crippen molar-refractivity contribution < 1.29 is 17.9 Å². The lowest BCUT2D eigenvalue weighted by atomic mass is 9.90. The fourth-order valence-electron chi connectivity index (χ4n) is 3.72. The van der Waals surface area contributed by atoms with E-state index in [1.54, 1.807) is 11.9 Å². The van der Waals surface area contributed by atoms with Gasteiger partial charge < -0.3 is 9.64 Å². The third-order valence-electron chi connectivity index (χ3n) is 5.18. The summed E-state index contributed by atoms with van der Waals surface area (Å²) in [7, 11) is -1.49. The monoisotopic (exact) mass is 369 g/mol. The van der Waals surface area contributed by atoms with Crippen molar-refractivity contribution in [2.75, 3.05) is 19.7 Å². The van der Waals surface area contributed by atoms with Crippen molar-refractivity contribution in [3.63, 3.8) is 0 Å². The highest BCUT2D eigenvalue weighted by molar-refractivity contribution is 7.90. The zero-order valence-corrected chi connectivity index (χ0v) is 15.0. The van der Waals surface area contributed by atoms with E-state index in [4.69, 9.17) is 4.74 Å². The zero-order chi connectivity index (χ0) is 17.7. The van der Waals surface area contributed by atoms with Crippen LogP contribution in [0.25, 0.3) is 0 Å². The Morgan fingerprint density at radius 3 is 2.88 bits per heavy atom. The molecule has 0 aromatic carbocycles. The maximum Gasteiger partial charge on any atom is 0.293 e. The molecule has 9 nitrogen and oxygen atoms in total. The van der Waals surface area contributed by atoms with Crippen molar-refractivity contribution in [3.05, 3.63) is 12.2 Å². The lowest BCUT2D eigenvalue weighted by Crippen LogP contribution is -2.50. The molecule has 1 N–H and O–H groups in total. The number of likely N-dealkylation sites (tertiary alicyclic amines) is 1. The van der Waals surface area contributed by atoms with Crippen molar-refractivity contribution in [1.82, 2.24) is 24.4 Å². The van der Waals surface area contributed by atoms with E-state index in [0.29, 0.717) is 39.0 Å². The van der Waals surface area contributed by atoms with Crippen LogP contribution in [0.3, 0.4) is 0 Å². The summed E-state index contributed by atoms with van der Waals surface area (Å²) in [6, 6.07) is -0.123. The van der Waals surface area contributed by atoms with Crippen LogP contribution in [0.5, 0.6) is 0 Å².